The number of carbonyl (C=O) groups excluding carboxylic acids is 2. The molecule has 0 aliphatic heterocycles. The molecule has 0 saturated heterocycles. The molecule has 0 radical (unpaired) electrons. The van der Waals surface area contributed by atoms with Gasteiger partial charge in [0.15, 0.2) is 11.6 Å². The van der Waals surface area contributed by atoms with Crippen molar-refractivity contribution in [3.63, 3.8) is 0 Å². The van der Waals surface area contributed by atoms with Crippen molar-refractivity contribution in [1.82, 2.24) is 0 Å². The van der Waals surface area contributed by atoms with Gasteiger partial charge in [0.05, 0.1) is 10.0 Å². The minimum atomic E-state index is -0.263. The summed E-state index contributed by atoms with van der Waals surface area (Å²) < 4.78 is 0. The van der Waals surface area contributed by atoms with E-state index in [0.717, 1.165) is 12.8 Å². The first-order valence-corrected chi connectivity index (χ1v) is 10.8. The summed E-state index contributed by atoms with van der Waals surface area (Å²) in [4.78, 5) is 24.5. The number of halogens is 2. The van der Waals surface area contributed by atoms with E-state index in [1.807, 2.05) is 24.3 Å². The Labute approximate surface area is 182 Å². The molecule has 0 heterocycles. The number of ketones is 2. The standard InChI is InChI=1S/C25H26Cl2O2/c1-13(28)15-7-19-17(9-21(15)26)23(3,4)11-25(19)12-24(5,6)18-10-22(27)16(14(2)29)8-20(18)25/h7-10H,11-12H2,1-6H3. The van der Waals surface area contributed by atoms with Gasteiger partial charge in [-0.2, -0.15) is 0 Å². The van der Waals surface area contributed by atoms with Crippen LogP contribution in [-0.4, -0.2) is 11.6 Å². The summed E-state index contributed by atoms with van der Waals surface area (Å²) in [7, 11) is 0. The molecule has 0 atom stereocenters. The van der Waals surface area contributed by atoms with Crippen LogP contribution in [0.25, 0.3) is 0 Å². The van der Waals surface area contributed by atoms with Gasteiger partial charge in [0.2, 0.25) is 0 Å². The third kappa shape index (κ3) is 2.83. The Morgan fingerprint density at radius 3 is 1.34 bits per heavy atom. The third-order valence-electron chi connectivity index (χ3n) is 6.95. The second kappa shape index (κ2) is 6.18. The Bertz CT molecular complexity index is 1000. The summed E-state index contributed by atoms with van der Waals surface area (Å²) in [5.41, 5.74) is 5.39. The second-order valence-corrected chi connectivity index (χ2v) is 10.9. The zero-order valence-corrected chi connectivity index (χ0v) is 19.3. The van der Waals surface area contributed by atoms with E-state index >= 15 is 0 Å². The monoisotopic (exact) mass is 428 g/mol. The Balaban J connectivity index is 2.09. The molecule has 0 amide bonds. The largest absolute Gasteiger partial charge is 0.294 e. The van der Waals surface area contributed by atoms with Crippen molar-refractivity contribution >= 4 is 34.8 Å². The van der Waals surface area contributed by atoms with E-state index in [0.29, 0.717) is 21.2 Å². The van der Waals surface area contributed by atoms with Crippen LogP contribution in [-0.2, 0) is 16.2 Å². The zero-order chi connectivity index (χ0) is 21.5. The molecule has 0 unspecified atom stereocenters. The highest BCUT2D eigenvalue weighted by molar-refractivity contribution is 6.34. The fourth-order valence-corrected chi connectivity index (χ4v) is 6.48. The Kier molecular flexibility index (Phi) is 4.40. The predicted octanol–water partition coefficient (Wildman–Crippen LogP) is 7.05. The highest BCUT2D eigenvalue weighted by atomic mass is 35.5. The van der Waals surface area contributed by atoms with Crippen LogP contribution in [0.15, 0.2) is 24.3 Å². The number of fused-ring (bicyclic) bond motifs is 4. The number of hydrogen-bond acceptors (Lipinski definition) is 2. The van der Waals surface area contributed by atoms with Crippen LogP contribution >= 0.6 is 23.2 Å². The Morgan fingerprint density at radius 2 is 1.03 bits per heavy atom. The average molecular weight is 429 g/mol. The molecule has 0 N–H and O–H groups in total. The summed E-state index contributed by atoms with van der Waals surface area (Å²) in [5, 5.41) is 1.03. The smallest absolute Gasteiger partial charge is 0.161 e. The molecule has 1 spiro atoms. The summed E-state index contributed by atoms with van der Waals surface area (Å²) >= 11 is 13.0. The lowest BCUT2D eigenvalue weighted by atomic mass is 9.72. The lowest BCUT2D eigenvalue weighted by Gasteiger charge is -2.31. The molecule has 0 saturated carbocycles. The van der Waals surface area contributed by atoms with Crippen LogP contribution in [0, 0.1) is 0 Å². The molecular formula is C25H26Cl2O2. The van der Waals surface area contributed by atoms with E-state index in [9.17, 15) is 9.59 Å². The highest BCUT2D eigenvalue weighted by Gasteiger charge is 2.56. The van der Waals surface area contributed by atoms with E-state index in [-0.39, 0.29) is 27.8 Å². The average Bonchev–Trinajstić information content (AvgIpc) is 2.92. The van der Waals surface area contributed by atoms with Gasteiger partial charge in [0, 0.05) is 16.5 Å². The third-order valence-corrected chi connectivity index (χ3v) is 7.58. The number of carbonyl (C=O) groups is 2. The van der Waals surface area contributed by atoms with Gasteiger partial charge in [0.25, 0.3) is 0 Å². The zero-order valence-electron chi connectivity index (χ0n) is 17.8. The van der Waals surface area contributed by atoms with Crippen LogP contribution in [0.2, 0.25) is 10.0 Å². The Hall–Kier alpha value is -1.64. The van der Waals surface area contributed by atoms with E-state index in [2.05, 4.69) is 27.7 Å². The van der Waals surface area contributed by atoms with Crippen molar-refractivity contribution in [2.24, 2.45) is 0 Å². The van der Waals surface area contributed by atoms with Gasteiger partial charge in [-0.05, 0) is 84.0 Å². The van der Waals surface area contributed by atoms with Crippen molar-refractivity contribution in [1.29, 1.82) is 0 Å². The molecule has 152 valence electrons. The molecule has 2 aliphatic rings. The topological polar surface area (TPSA) is 34.1 Å². The molecule has 2 nitrogen and oxygen atoms in total. The van der Waals surface area contributed by atoms with E-state index < -0.39 is 0 Å². The molecule has 2 aliphatic carbocycles. The summed E-state index contributed by atoms with van der Waals surface area (Å²) in [6, 6.07) is 7.97. The molecule has 2 aromatic rings. The highest BCUT2D eigenvalue weighted by Crippen LogP contribution is 2.63. The van der Waals surface area contributed by atoms with Gasteiger partial charge >= 0.3 is 0 Å². The first kappa shape index (κ1) is 20.6. The lowest BCUT2D eigenvalue weighted by molar-refractivity contribution is 0.100. The minimum Gasteiger partial charge on any atom is -0.294 e. The van der Waals surface area contributed by atoms with E-state index in [4.69, 9.17) is 23.2 Å². The van der Waals surface area contributed by atoms with Gasteiger partial charge in [0.1, 0.15) is 0 Å². The normalized spacial score (nSPS) is 19.9. The molecular weight excluding hydrogens is 403 g/mol. The van der Waals surface area contributed by atoms with Gasteiger partial charge < -0.3 is 0 Å². The molecule has 0 fully saturated rings. The van der Waals surface area contributed by atoms with E-state index in [1.165, 1.54) is 22.3 Å². The molecule has 0 aromatic heterocycles. The van der Waals surface area contributed by atoms with Crippen LogP contribution in [0.1, 0.15) is 97.4 Å². The van der Waals surface area contributed by atoms with Crippen molar-refractivity contribution in [2.45, 2.75) is 70.6 Å². The quantitative estimate of drug-likeness (QED) is 0.480. The van der Waals surface area contributed by atoms with Gasteiger partial charge in [-0.1, -0.05) is 50.9 Å². The molecule has 4 heteroatoms. The molecule has 2 aromatic carbocycles. The van der Waals surface area contributed by atoms with Crippen LogP contribution < -0.4 is 0 Å². The van der Waals surface area contributed by atoms with Crippen molar-refractivity contribution < 1.29 is 9.59 Å². The SMILES string of the molecule is CC(=O)c1cc2c(cc1Cl)C(C)(C)CC21CC(C)(C)c2cc(Cl)c(C(C)=O)cc21. The Morgan fingerprint density at radius 1 is 0.690 bits per heavy atom. The van der Waals surface area contributed by atoms with Crippen LogP contribution in [0.5, 0.6) is 0 Å². The van der Waals surface area contributed by atoms with Crippen molar-refractivity contribution in [3.05, 3.63) is 67.7 Å². The predicted molar refractivity (Wildman–Crippen MR) is 119 cm³/mol. The van der Waals surface area contributed by atoms with Gasteiger partial charge in [-0.3, -0.25) is 9.59 Å². The maximum absolute atomic E-state index is 12.2. The van der Waals surface area contributed by atoms with Gasteiger partial charge in [-0.25, -0.2) is 0 Å². The van der Waals surface area contributed by atoms with Gasteiger partial charge in [-0.15, -0.1) is 0 Å². The minimum absolute atomic E-state index is 0.0318. The number of hydrogen-bond donors (Lipinski definition) is 0. The van der Waals surface area contributed by atoms with Crippen LogP contribution in [0.4, 0.5) is 0 Å². The maximum atomic E-state index is 12.2. The molecule has 29 heavy (non-hydrogen) atoms. The summed E-state index contributed by atoms with van der Waals surface area (Å²) in [5.74, 6) is -0.0636. The number of rotatable bonds is 2. The van der Waals surface area contributed by atoms with E-state index in [1.54, 1.807) is 13.8 Å². The van der Waals surface area contributed by atoms with Crippen molar-refractivity contribution in [3.8, 4) is 0 Å². The first-order valence-electron chi connectivity index (χ1n) is 10.0. The number of benzene rings is 2. The summed E-state index contributed by atoms with van der Waals surface area (Å²) in [6.07, 6.45) is 1.81. The lowest BCUT2D eigenvalue weighted by Crippen LogP contribution is -2.27. The first-order chi connectivity index (χ1) is 13.3. The fourth-order valence-electron chi connectivity index (χ4n) is 5.89. The maximum Gasteiger partial charge on any atom is 0.161 e. The molecule has 0 bridgehead atoms. The second-order valence-electron chi connectivity index (χ2n) is 10.1. The fraction of sp³-hybridized carbons (Fsp3) is 0.440. The summed E-state index contributed by atoms with van der Waals surface area (Å²) in [6.45, 7) is 12.0. The molecule has 4 rings (SSSR count). The van der Waals surface area contributed by atoms with Crippen LogP contribution in [0.3, 0.4) is 0 Å². The number of Topliss-reactive ketones (excluding diaryl/α,β-unsaturated/α-hetero) is 2. The van der Waals surface area contributed by atoms with Crippen molar-refractivity contribution in [2.75, 3.05) is 0 Å².